The molecule has 3 N–H and O–H groups in total. The molecule has 0 radical (unpaired) electrons. The van der Waals surface area contributed by atoms with Gasteiger partial charge in [0.05, 0.1) is 4.90 Å². The van der Waals surface area contributed by atoms with E-state index < -0.39 is 27.9 Å². The molecular formula is C27H37N3O5S2. The zero-order chi connectivity index (χ0) is 26.8. The van der Waals surface area contributed by atoms with E-state index in [4.69, 9.17) is 0 Å². The first kappa shape index (κ1) is 29.2. The van der Waals surface area contributed by atoms with Crippen molar-refractivity contribution >= 4 is 33.7 Å². The van der Waals surface area contributed by atoms with Crippen LogP contribution in [0, 0.1) is 0 Å². The number of carbonyl (C=O) groups is 2. The average molecular weight is 548 g/mol. The maximum Gasteiger partial charge on any atom is 0.326 e. The Morgan fingerprint density at radius 2 is 1.92 bits per heavy atom. The molecule has 8 nitrogen and oxygen atoms in total. The molecule has 10 heteroatoms. The monoisotopic (exact) mass is 547 g/mol. The second kappa shape index (κ2) is 13.9. The minimum atomic E-state index is -3.80. The van der Waals surface area contributed by atoms with Crippen molar-refractivity contribution in [3.63, 3.8) is 0 Å². The first-order valence-electron chi connectivity index (χ1n) is 12.7. The van der Waals surface area contributed by atoms with Crippen molar-refractivity contribution in [3.8, 4) is 11.1 Å². The fraction of sp³-hybridized carbons (Fsp3) is 0.481. The normalized spacial score (nSPS) is 17.3. The van der Waals surface area contributed by atoms with Crippen LogP contribution in [-0.2, 0) is 14.8 Å². The molecule has 0 aromatic heterocycles. The second-order valence-corrected chi connectivity index (χ2v) is 12.1. The van der Waals surface area contributed by atoms with Gasteiger partial charge in [0.2, 0.25) is 10.0 Å². The summed E-state index contributed by atoms with van der Waals surface area (Å²) in [7, 11) is -3.80. The van der Waals surface area contributed by atoms with Crippen LogP contribution in [0.4, 0.5) is 0 Å². The van der Waals surface area contributed by atoms with E-state index in [1.54, 1.807) is 24.3 Å². The first-order chi connectivity index (χ1) is 17.7. The SMILES string of the molecule is CSCC[C@H](NC(=O)c1ccc(S(=O)(=O)NCCCN2CCCCC2C)cc1-c1ccccc1)C(=O)O. The van der Waals surface area contributed by atoms with Crippen LogP contribution in [-0.4, -0.2) is 74.0 Å². The quantitative estimate of drug-likeness (QED) is 0.327. The minimum Gasteiger partial charge on any atom is -0.480 e. The van der Waals surface area contributed by atoms with Crippen LogP contribution in [0.3, 0.4) is 0 Å². The Morgan fingerprint density at radius 1 is 1.16 bits per heavy atom. The van der Waals surface area contributed by atoms with Gasteiger partial charge in [-0.2, -0.15) is 11.8 Å². The average Bonchev–Trinajstić information content (AvgIpc) is 2.89. The number of hydrogen-bond donors (Lipinski definition) is 3. The number of carbonyl (C=O) groups excluding carboxylic acids is 1. The third-order valence-electron chi connectivity index (χ3n) is 6.70. The number of aliphatic carboxylic acids is 1. The Morgan fingerprint density at radius 3 is 2.59 bits per heavy atom. The first-order valence-corrected chi connectivity index (χ1v) is 15.6. The fourth-order valence-corrected chi connectivity index (χ4v) is 6.11. The van der Waals surface area contributed by atoms with Gasteiger partial charge in [0.15, 0.2) is 0 Å². The van der Waals surface area contributed by atoms with E-state index >= 15 is 0 Å². The lowest BCUT2D eigenvalue weighted by Crippen LogP contribution is -2.41. The highest BCUT2D eigenvalue weighted by Crippen LogP contribution is 2.27. The molecule has 0 aliphatic carbocycles. The number of nitrogens with zero attached hydrogens (tertiary/aromatic N) is 1. The number of likely N-dealkylation sites (tertiary alicyclic amines) is 1. The summed E-state index contributed by atoms with van der Waals surface area (Å²) in [6, 6.07) is 12.8. The van der Waals surface area contributed by atoms with Gasteiger partial charge in [0.1, 0.15) is 6.04 Å². The topological polar surface area (TPSA) is 116 Å². The number of piperidine rings is 1. The molecule has 1 aliphatic heterocycles. The fourth-order valence-electron chi connectivity index (χ4n) is 4.54. The molecule has 1 aliphatic rings. The number of sulfonamides is 1. The molecule has 2 atom stereocenters. The van der Waals surface area contributed by atoms with Crippen LogP contribution >= 0.6 is 11.8 Å². The van der Waals surface area contributed by atoms with Crippen molar-refractivity contribution in [2.75, 3.05) is 31.6 Å². The summed E-state index contributed by atoms with van der Waals surface area (Å²) in [4.78, 5) is 27.2. The summed E-state index contributed by atoms with van der Waals surface area (Å²) >= 11 is 1.50. The summed E-state index contributed by atoms with van der Waals surface area (Å²) in [5.74, 6) is -1.08. The van der Waals surface area contributed by atoms with Gasteiger partial charge in [-0.05, 0) is 87.0 Å². The highest BCUT2D eigenvalue weighted by Gasteiger charge is 2.24. The standard InChI is InChI=1S/C27H37N3O5S2/c1-20-9-6-7-16-30(20)17-8-15-28-37(34,35)22-12-13-23(24(19-22)21-10-4-3-5-11-21)26(31)29-25(27(32)33)14-18-36-2/h3-5,10-13,19-20,25,28H,6-9,14-18H2,1-2H3,(H,29,31)(H,32,33)/t20?,25-/m0/s1. The van der Waals surface area contributed by atoms with E-state index in [1.165, 1.54) is 49.2 Å². The molecular weight excluding hydrogens is 510 g/mol. The lowest BCUT2D eigenvalue weighted by atomic mass is 9.99. The van der Waals surface area contributed by atoms with Crippen LogP contribution in [0.15, 0.2) is 53.4 Å². The zero-order valence-electron chi connectivity index (χ0n) is 21.5. The molecule has 1 saturated heterocycles. The summed E-state index contributed by atoms with van der Waals surface area (Å²) in [5.41, 5.74) is 1.32. The molecule has 1 heterocycles. The van der Waals surface area contributed by atoms with Crippen molar-refractivity contribution in [3.05, 3.63) is 54.1 Å². The maximum atomic E-state index is 13.1. The highest BCUT2D eigenvalue weighted by atomic mass is 32.2. The smallest absolute Gasteiger partial charge is 0.326 e. The third kappa shape index (κ3) is 8.29. The summed E-state index contributed by atoms with van der Waals surface area (Å²) in [5, 5.41) is 12.1. The predicted octanol–water partition coefficient (Wildman–Crippen LogP) is 3.83. The van der Waals surface area contributed by atoms with Crippen molar-refractivity contribution in [2.45, 2.75) is 56.0 Å². The van der Waals surface area contributed by atoms with Crippen molar-refractivity contribution in [1.82, 2.24) is 14.9 Å². The molecule has 3 rings (SSSR count). The predicted molar refractivity (Wildman–Crippen MR) is 148 cm³/mol. The van der Waals surface area contributed by atoms with Crippen LogP contribution in [0.25, 0.3) is 11.1 Å². The number of hydrogen-bond acceptors (Lipinski definition) is 6. The molecule has 1 fully saturated rings. The number of thioether (sulfide) groups is 1. The molecule has 0 saturated carbocycles. The van der Waals surface area contributed by atoms with Crippen molar-refractivity contribution in [2.24, 2.45) is 0 Å². The number of carboxylic acid groups (broad SMARTS) is 1. The second-order valence-electron chi connectivity index (χ2n) is 9.35. The van der Waals surface area contributed by atoms with Crippen LogP contribution in [0.1, 0.15) is 49.4 Å². The van der Waals surface area contributed by atoms with Gasteiger partial charge in [0.25, 0.3) is 5.91 Å². The van der Waals surface area contributed by atoms with Gasteiger partial charge >= 0.3 is 5.97 Å². The van der Waals surface area contributed by atoms with Crippen molar-refractivity contribution < 1.29 is 23.1 Å². The lowest BCUT2D eigenvalue weighted by molar-refractivity contribution is -0.139. The van der Waals surface area contributed by atoms with E-state index in [1.807, 2.05) is 12.3 Å². The number of benzene rings is 2. The maximum absolute atomic E-state index is 13.1. The highest BCUT2D eigenvalue weighted by molar-refractivity contribution is 7.98. The summed E-state index contributed by atoms with van der Waals surface area (Å²) in [6.07, 6.45) is 6.48. The number of nitrogens with one attached hydrogen (secondary N) is 2. The Balaban J connectivity index is 1.78. The Kier molecular flexibility index (Phi) is 11.0. The van der Waals surface area contributed by atoms with E-state index in [2.05, 4.69) is 21.9 Å². The molecule has 0 spiro atoms. The van der Waals surface area contributed by atoms with Crippen molar-refractivity contribution in [1.29, 1.82) is 0 Å². The number of rotatable bonds is 13. The van der Waals surface area contributed by atoms with Gasteiger partial charge in [-0.3, -0.25) is 4.79 Å². The zero-order valence-corrected chi connectivity index (χ0v) is 23.1. The molecule has 202 valence electrons. The van der Waals surface area contributed by atoms with Gasteiger partial charge < -0.3 is 15.3 Å². The van der Waals surface area contributed by atoms with Crippen LogP contribution in [0.5, 0.6) is 0 Å². The Labute approximate surface area is 224 Å². The van der Waals surface area contributed by atoms with Gasteiger partial charge in [-0.25, -0.2) is 17.9 Å². The molecule has 37 heavy (non-hydrogen) atoms. The molecule has 0 bridgehead atoms. The van der Waals surface area contributed by atoms with E-state index in [-0.39, 0.29) is 16.9 Å². The van der Waals surface area contributed by atoms with Crippen LogP contribution in [0.2, 0.25) is 0 Å². The van der Waals surface area contributed by atoms with E-state index in [9.17, 15) is 23.1 Å². The largest absolute Gasteiger partial charge is 0.480 e. The molecule has 2 aromatic carbocycles. The van der Waals surface area contributed by atoms with E-state index in [0.717, 1.165) is 13.1 Å². The van der Waals surface area contributed by atoms with Gasteiger partial charge in [-0.15, -0.1) is 0 Å². The molecule has 2 aromatic rings. The Hall–Kier alpha value is -2.40. The van der Waals surface area contributed by atoms with Crippen LogP contribution < -0.4 is 10.0 Å². The third-order valence-corrected chi connectivity index (χ3v) is 8.80. The van der Waals surface area contributed by atoms with Gasteiger partial charge in [-0.1, -0.05) is 36.8 Å². The number of amides is 1. The minimum absolute atomic E-state index is 0.0615. The lowest BCUT2D eigenvalue weighted by Gasteiger charge is -2.33. The number of carboxylic acids is 1. The molecule has 1 amide bonds. The summed E-state index contributed by atoms with van der Waals surface area (Å²) in [6.45, 7) is 4.44. The van der Waals surface area contributed by atoms with Gasteiger partial charge in [0, 0.05) is 18.2 Å². The Bertz CT molecular complexity index is 1160. The molecule has 1 unspecified atom stereocenters. The summed E-state index contributed by atoms with van der Waals surface area (Å²) < 4.78 is 28.9. The van der Waals surface area contributed by atoms with E-state index in [0.29, 0.717) is 35.9 Å².